The maximum absolute atomic E-state index is 12.5. The zero-order valence-electron chi connectivity index (χ0n) is 12.1. The first kappa shape index (κ1) is 15.2. The second-order valence-corrected chi connectivity index (χ2v) is 6.49. The van der Waals surface area contributed by atoms with Gasteiger partial charge in [-0.05, 0) is 43.2 Å². The van der Waals surface area contributed by atoms with Crippen LogP contribution in [0.3, 0.4) is 0 Å². The predicted molar refractivity (Wildman–Crippen MR) is 87.4 cm³/mol. The average Bonchev–Trinajstić information content (AvgIpc) is 2.56. The van der Waals surface area contributed by atoms with Crippen LogP contribution in [-0.2, 0) is 5.60 Å². The number of pyridine rings is 1. The van der Waals surface area contributed by atoms with Crippen molar-refractivity contribution in [3.05, 3.63) is 64.4 Å². The summed E-state index contributed by atoms with van der Waals surface area (Å²) in [7, 11) is 0. The highest BCUT2D eigenvalue weighted by atomic mass is 79.9. The van der Waals surface area contributed by atoms with Gasteiger partial charge in [-0.2, -0.15) is 0 Å². The largest absolute Gasteiger partial charge is 0.385 e. The summed E-state index contributed by atoms with van der Waals surface area (Å²) in [6.45, 7) is 1.08. The lowest BCUT2D eigenvalue weighted by atomic mass is 9.85. The van der Waals surface area contributed by atoms with Gasteiger partial charge in [0.25, 0.3) is 5.91 Å². The monoisotopic (exact) mass is 360 g/mol. The van der Waals surface area contributed by atoms with Gasteiger partial charge in [-0.3, -0.25) is 9.78 Å². The molecule has 2 aromatic rings. The third kappa shape index (κ3) is 3.05. The predicted octanol–water partition coefficient (Wildman–Crippen LogP) is 2.97. The van der Waals surface area contributed by atoms with Crippen molar-refractivity contribution in [2.45, 2.75) is 18.4 Å². The van der Waals surface area contributed by atoms with Crippen LogP contribution < -0.4 is 0 Å². The Hall–Kier alpha value is -1.72. The van der Waals surface area contributed by atoms with E-state index in [0.29, 0.717) is 31.5 Å². The summed E-state index contributed by atoms with van der Waals surface area (Å²) in [5.41, 5.74) is 0.617. The quantitative estimate of drug-likeness (QED) is 0.895. The number of hydrogen-bond donors (Lipinski definition) is 1. The number of nitrogens with zero attached hydrogens (tertiary/aromatic N) is 2. The summed E-state index contributed by atoms with van der Waals surface area (Å²) in [6.07, 6.45) is 4.45. The molecule has 1 N–H and O–H groups in total. The second-order valence-electron chi connectivity index (χ2n) is 5.57. The van der Waals surface area contributed by atoms with Crippen molar-refractivity contribution in [2.75, 3.05) is 13.1 Å². The van der Waals surface area contributed by atoms with E-state index < -0.39 is 5.60 Å². The van der Waals surface area contributed by atoms with Gasteiger partial charge in [0, 0.05) is 41.1 Å². The first-order chi connectivity index (χ1) is 10.6. The van der Waals surface area contributed by atoms with Crippen LogP contribution in [0.2, 0.25) is 0 Å². The number of rotatable bonds is 2. The molecule has 0 spiro atoms. The molecule has 1 aromatic heterocycles. The molecule has 0 saturated carbocycles. The molecule has 0 atom stereocenters. The standard InChI is InChI=1S/C17H17BrN2O2/c18-15-5-3-13(4-6-15)16(21)20-10-7-17(22,8-11-20)14-2-1-9-19-12-14/h1-6,9,12,22H,7-8,10-11H2. The SMILES string of the molecule is O=C(c1ccc(Br)cc1)N1CCC(O)(c2cccnc2)CC1. The number of hydrogen-bond acceptors (Lipinski definition) is 3. The molecule has 0 bridgehead atoms. The van der Waals surface area contributed by atoms with Crippen molar-refractivity contribution < 1.29 is 9.90 Å². The Labute approximate surface area is 137 Å². The lowest BCUT2D eigenvalue weighted by Gasteiger charge is -2.38. The van der Waals surface area contributed by atoms with Gasteiger partial charge >= 0.3 is 0 Å². The van der Waals surface area contributed by atoms with Crippen molar-refractivity contribution in [2.24, 2.45) is 0 Å². The van der Waals surface area contributed by atoms with Gasteiger partial charge in [-0.15, -0.1) is 0 Å². The molecule has 0 aliphatic carbocycles. The van der Waals surface area contributed by atoms with E-state index in [1.807, 2.05) is 36.4 Å². The normalized spacial score (nSPS) is 17.3. The molecule has 1 aliphatic rings. The van der Waals surface area contributed by atoms with Gasteiger partial charge in [-0.1, -0.05) is 22.0 Å². The van der Waals surface area contributed by atoms with Crippen LogP contribution in [0, 0.1) is 0 Å². The molecule has 1 aliphatic heterocycles. The Bertz CT molecular complexity index is 650. The lowest BCUT2D eigenvalue weighted by Crippen LogP contribution is -2.45. The van der Waals surface area contributed by atoms with Crippen LogP contribution in [0.1, 0.15) is 28.8 Å². The molecular formula is C17H17BrN2O2. The molecule has 2 heterocycles. The average molecular weight is 361 g/mol. The number of aromatic nitrogens is 1. The number of halogens is 1. The van der Waals surface area contributed by atoms with E-state index in [0.717, 1.165) is 10.0 Å². The number of carbonyl (C=O) groups is 1. The minimum Gasteiger partial charge on any atom is -0.385 e. The number of carbonyl (C=O) groups excluding carboxylic acids is 1. The van der Waals surface area contributed by atoms with E-state index in [-0.39, 0.29) is 5.91 Å². The fraction of sp³-hybridized carbons (Fsp3) is 0.294. The molecule has 22 heavy (non-hydrogen) atoms. The van der Waals surface area contributed by atoms with Gasteiger partial charge in [0.2, 0.25) is 0 Å². The first-order valence-corrected chi connectivity index (χ1v) is 8.05. The van der Waals surface area contributed by atoms with Crippen LogP contribution in [0.4, 0.5) is 0 Å². The van der Waals surface area contributed by atoms with Gasteiger partial charge in [-0.25, -0.2) is 0 Å². The van der Waals surface area contributed by atoms with E-state index in [1.54, 1.807) is 17.3 Å². The first-order valence-electron chi connectivity index (χ1n) is 7.26. The summed E-state index contributed by atoms with van der Waals surface area (Å²) in [6, 6.07) is 11.1. The van der Waals surface area contributed by atoms with Crippen molar-refractivity contribution in [3.63, 3.8) is 0 Å². The van der Waals surface area contributed by atoms with E-state index in [2.05, 4.69) is 20.9 Å². The number of benzene rings is 1. The Morgan fingerprint density at radius 3 is 2.45 bits per heavy atom. The lowest BCUT2D eigenvalue weighted by molar-refractivity contribution is -0.0213. The zero-order chi connectivity index (χ0) is 15.6. The van der Waals surface area contributed by atoms with Crippen LogP contribution in [-0.4, -0.2) is 34.0 Å². The highest BCUT2D eigenvalue weighted by Gasteiger charge is 2.35. The van der Waals surface area contributed by atoms with E-state index in [1.165, 1.54) is 0 Å². The molecule has 0 radical (unpaired) electrons. The van der Waals surface area contributed by atoms with E-state index >= 15 is 0 Å². The van der Waals surface area contributed by atoms with Crippen LogP contribution >= 0.6 is 15.9 Å². The molecule has 114 valence electrons. The smallest absolute Gasteiger partial charge is 0.253 e. The minimum atomic E-state index is -0.884. The van der Waals surface area contributed by atoms with Crippen molar-refractivity contribution in [3.8, 4) is 0 Å². The molecule has 0 unspecified atom stereocenters. The second kappa shape index (κ2) is 6.18. The molecular weight excluding hydrogens is 344 g/mol. The van der Waals surface area contributed by atoms with Crippen LogP contribution in [0.5, 0.6) is 0 Å². The maximum atomic E-state index is 12.5. The van der Waals surface area contributed by atoms with Gasteiger partial charge in [0.1, 0.15) is 0 Å². The molecule has 4 nitrogen and oxygen atoms in total. The van der Waals surface area contributed by atoms with Crippen molar-refractivity contribution in [1.29, 1.82) is 0 Å². The minimum absolute atomic E-state index is 0.0146. The van der Waals surface area contributed by atoms with Gasteiger partial charge < -0.3 is 10.0 Å². The Morgan fingerprint density at radius 1 is 1.18 bits per heavy atom. The summed E-state index contributed by atoms with van der Waals surface area (Å²) in [4.78, 5) is 18.3. The molecule has 1 amide bonds. The molecule has 1 fully saturated rings. The summed E-state index contributed by atoms with van der Waals surface area (Å²) >= 11 is 3.37. The number of piperidine rings is 1. The highest BCUT2D eigenvalue weighted by molar-refractivity contribution is 9.10. The zero-order valence-corrected chi connectivity index (χ0v) is 13.7. The molecule has 5 heteroatoms. The fourth-order valence-electron chi connectivity index (χ4n) is 2.78. The highest BCUT2D eigenvalue weighted by Crippen LogP contribution is 2.32. The molecule has 3 rings (SSSR count). The summed E-state index contributed by atoms with van der Waals surface area (Å²) in [5.74, 6) is 0.0146. The van der Waals surface area contributed by atoms with E-state index in [4.69, 9.17) is 0 Å². The Balaban J connectivity index is 1.69. The van der Waals surface area contributed by atoms with Crippen LogP contribution in [0.15, 0.2) is 53.3 Å². The summed E-state index contributed by atoms with van der Waals surface area (Å²) < 4.78 is 0.952. The fourth-order valence-corrected chi connectivity index (χ4v) is 3.05. The molecule has 1 saturated heterocycles. The molecule has 1 aromatic carbocycles. The van der Waals surface area contributed by atoms with Gasteiger partial charge in [0.05, 0.1) is 5.60 Å². The summed E-state index contributed by atoms with van der Waals surface area (Å²) in [5, 5.41) is 10.8. The van der Waals surface area contributed by atoms with Crippen LogP contribution in [0.25, 0.3) is 0 Å². The van der Waals surface area contributed by atoms with Gasteiger partial charge in [0.15, 0.2) is 0 Å². The van der Waals surface area contributed by atoms with Crippen molar-refractivity contribution in [1.82, 2.24) is 9.88 Å². The topological polar surface area (TPSA) is 53.4 Å². The Kier molecular flexibility index (Phi) is 4.27. The third-order valence-electron chi connectivity index (χ3n) is 4.17. The van der Waals surface area contributed by atoms with E-state index in [9.17, 15) is 9.90 Å². The van der Waals surface area contributed by atoms with Crippen molar-refractivity contribution >= 4 is 21.8 Å². The number of likely N-dealkylation sites (tertiary alicyclic amines) is 1. The maximum Gasteiger partial charge on any atom is 0.253 e. The Morgan fingerprint density at radius 2 is 1.86 bits per heavy atom. The third-order valence-corrected chi connectivity index (χ3v) is 4.70. The number of amides is 1. The number of aliphatic hydroxyl groups is 1.